The molecule has 0 fully saturated rings. The van der Waals surface area contributed by atoms with Crippen LogP contribution in [0.3, 0.4) is 0 Å². The molecule has 0 aromatic rings. The van der Waals surface area contributed by atoms with E-state index < -0.39 is 0 Å². The first kappa shape index (κ1) is 13.1. The number of aliphatic hydroxyl groups is 1. The van der Waals surface area contributed by atoms with Gasteiger partial charge < -0.3 is 9.84 Å². The van der Waals surface area contributed by atoms with Gasteiger partial charge in [-0.2, -0.15) is 0 Å². The van der Waals surface area contributed by atoms with Crippen LogP contribution in [-0.2, 0) is 4.74 Å². The van der Waals surface area contributed by atoms with E-state index >= 15 is 0 Å². The summed E-state index contributed by atoms with van der Waals surface area (Å²) >= 11 is 0. The van der Waals surface area contributed by atoms with Crippen molar-refractivity contribution >= 4 is 0 Å². The number of ether oxygens (including phenoxy) is 1. The second-order valence-electron chi connectivity index (χ2n) is 2.13. The quantitative estimate of drug-likeness (QED) is 0.643. The average Bonchev–Trinajstić information content (AvgIpc) is 2.06. The van der Waals surface area contributed by atoms with Crippen molar-refractivity contribution in [3.63, 3.8) is 0 Å². The topological polar surface area (TPSA) is 29.5 Å². The summed E-state index contributed by atoms with van der Waals surface area (Å²) in [5.41, 5.74) is 0. The van der Waals surface area contributed by atoms with E-state index in [1.165, 1.54) is 0 Å². The lowest BCUT2D eigenvalue weighted by Crippen LogP contribution is -1.80. The summed E-state index contributed by atoms with van der Waals surface area (Å²) in [5, 5.41) is 8.53. The Bertz CT molecular complexity index is 85.6. The predicted octanol–water partition coefficient (Wildman–Crippen LogP) is 2.90. The number of allylic oxidation sites excluding steroid dienone is 2. The molecule has 2 heteroatoms. The summed E-state index contributed by atoms with van der Waals surface area (Å²) < 4.78 is 4.69. The highest BCUT2D eigenvalue weighted by Crippen LogP contribution is 1.89. The molecule has 0 saturated carbocycles. The molecule has 0 aliphatic rings. The Labute approximate surface area is 69.9 Å². The molecule has 0 heterocycles. The normalized spacial score (nSPS) is 10.4. The molecular formula is C9H20O2. The van der Waals surface area contributed by atoms with E-state index in [-0.39, 0.29) is 0 Å². The van der Waals surface area contributed by atoms with Crippen molar-refractivity contribution in [2.24, 2.45) is 0 Å². The van der Waals surface area contributed by atoms with Gasteiger partial charge in [0.05, 0.1) is 5.76 Å². The second-order valence-corrected chi connectivity index (χ2v) is 2.13. The Morgan fingerprint density at radius 1 is 1.45 bits per heavy atom. The number of aliphatic hydroxyl groups excluding tert-OH is 1. The first-order valence-electron chi connectivity index (χ1n) is 4.05. The predicted molar refractivity (Wildman–Crippen MR) is 48.8 cm³/mol. The number of hydrogen-bond acceptors (Lipinski definition) is 2. The minimum Gasteiger partial charge on any atom is -0.513 e. The fraction of sp³-hybridized carbons (Fsp3) is 0.778. The largest absolute Gasteiger partial charge is 0.513 e. The van der Waals surface area contributed by atoms with Gasteiger partial charge in [-0.05, 0) is 19.4 Å². The lowest BCUT2D eigenvalue weighted by Gasteiger charge is -1.84. The van der Waals surface area contributed by atoms with E-state index in [4.69, 9.17) is 9.84 Å². The molecule has 0 atom stereocenters. The first-order chi connectivity index (χ1) is 5.22. The third kappa shape index (κ3) is 17.7. The van der Waals surface area contributed by atoms with Gasteiger partial charge in [0.25, 0.3) is 0 Å². The summed E-state index contributed by atoms with van der Waals surface area (Å²) in [6.07, 6.45) is 3.56. The van der Waals surface area contributed by atoms with Crippen molar-refractivity contribution in [1.82, 2.24) is 0 Å². The lowest BCUT2D eigenvalue weighted by molar-refractivity contribution is 0.199. The van der Waals surface area contributed by atoms with Gasteiger partial charge in [0.15, 0.2) is 0 Å². The molecule has 0 unspecified atom stereocenters. The SMILES string of the molecule is CC=C(O)CC.CCCOC. The second kappa shape index (κ2) is 12.2. The van der Waals surface area contributed by atoms with Gasteiger partial charge in [-0.25, -0.2) is 0 Å². The van der Waals surface area contributed by atoms with Crippen LogP contribution >= 0.6 is 0 Å². The molecule has 0 aromatic carbocycles. The summed E-state index contributed by atoms with van der Waals surface area (Å²) in [7, 11) is 1.71. The first-order valence-corrected chi connectivity index (χ1v) is 4.05. The molecule has 0 bridgehead atoms. The van der Waals surface area contributed by atoms with Crippen LogP contribution in [0.25, 0.3) is 0 Å². The molecule has 68 valence electrons. The summed E-state index contributed by atoms with van der Waals surface area (Å²) in [5.74, 6) is 0.468. The Balaban J connectivity index is 0. The zero-order valence-corrected chi connectivity index (χ0v) is 8.05. The van der Waals surface area contributed by atoms with E-state index in [0.717, 1.165) is 19.4 Å². The Hall–Kier alpha value is -0.500. The minimum absolute atomic E-state index is 0.468. The highest BCUT2D eigenvalue weighted by Gasteiger charge is 1.76. The number of rotatable bonds is 3. The fourth-order valence-corrected chi connectivity index (χ4v) is 0.408. The molecule has 0 aromatic heterocycles. The van der Waals surface area contributed by atoms with Crippen LogP contribution in [0.1, 0.15) is 33.6 Å². The van der Waals surface area contributed by atoms with Crippen molar-refractivity contribution < 1.29 is 9.84 Å². The molecule has 11 heavy (non-hydrogen) atoms. The Morgan fingerprint density at radius 2 is 2.00 bits per heavy atom. The van der Waals surface area contributed by atoms with Crippen molar-refractivity contribution in [1.29, 1.82) is 0 Å². The fourth-order valence-electron chi connectivity index (χ4n) is 0.408. The van der Waals surface area contributed by atoms with E-state index in [2.05, 4.69) is 6.92 Å². The maximum absolute atomic E-state index is 8.53. The maximum Gasteiger partial charge on any atom is 0.0877 e. The van der Waals surface area contributed by atoms with Crippen molar-refractivity contribution in [3.05, 3.63) is 11.8 Å². The van der Waals surface area contributed by atoms with Crippen LogP contribution < -0.4 is 0 Å². The zero-order chi connectivity index (χ0) is 9.11. The van der Waals surface area contributed by atoms with Gasteiger partial charge >= 0.3 is 0 Å². The van der Waals surface area contributed by atoms with Crippen LogP contribution in [0.15, 0.2) is 11.8 Å². The van der Waals surface area contributed by atoms with Crippen molar-refractivity contribution in [2.75, 3.05) is 13.7 Å². The highest BCUT2D eigenvalue weighted by atomic mass is 16.5. The Morgan fingerprint density at radius 3 is 2.00 bits per heavy atom. The van der Waals surface area contributed by atoms with Crippen LogP contribution in [0.2, 0.25) is 0 Å². The smallest absolute Gasteiger partial charge is 0.0877 e. The summed E-state index contributed by atoms with van der Waals surface area (Å²) in [4.78, 5) is 0. The number of methoxy groups -OCH3 is 1. The molecule has 0 aliphatic carbocycles. The molecule has 0 aliphatic heterocycles. The van der Waals surface area contributed by atoms with Gasteiger partial charge in [0, 0.05) is 20.1 Å². The van der Waals surface area contributed by atoms with E-state index in [0.29, 0.717) is 5.76 Å². The molecule has 0 saturated heterocycles. The summed E-state index contributed by atoms with van der Waals surface area (Å²) in [6.45, 7) is 6.71. The molecule has 0 radical (unpaired) electrons. The van der Waals surface area contributed by atoms with Crippen LogP contribution in [0.5, 0.6) is 0 Å². The molecule has 2 nitrogen and oxygen atoms in total. The third-order valence-electron chi connectivity index (χ3n) is 1.10. The van der Waals surface area contributed by atoms with Gasteiger partial charge in [-0.1, -0.05) is 13.8 Å². The summed E-state index contributed by atoms with van der Waals surface area (Å²) in [6, 6.07) is 0. The maximum atomic E-state index is 8.53. The molecule has 0 spiro atoms. The van der Waals surface area contributed by atoms with E-state index in [1.54, 1.807) is 13.2 Å². The van der Waals surface area contributed by atoms with Gasteiger partial charge in [0.2, 0.25) is 0 Å². The Kier molecular flexibility index (Phi) is 14.5. The molecule has 0 rings (SSSR count). The van der Waals surface area contributed by atoms with Gasteiger partial charge in [-0.15, -0.1) is 0 Å². The zero-order valence-electron chi connectivity index (χ0n) is 8.05. The van der Waals surface area contributed by atoms with Crippen molar-refractivity contribution in [2.45, 2.75) is 33.6 Å². The van der Waals surface area contributed by atoms with Gasteiger partial charge in [0.1, 0.15) is 0 Å². The number of hydrogen-bond donors (Lipinski definition) is 1. The standard InChI is InChI=1S/C5H10O.C4H10O/c1-3-5(6)4-2;1-3-4-5-2/h3,6H,4H2,1-2H3;3-4H2,1-2H3. The lowest BCUT2D eigenvalue weighted by atomic mass is 10.4. The van der Waals surface area contributed by atoms with Crippen LogP contribution in [-0.4, -0.2) is 18.8 Å². The minimum atomic E-state index is 0.468. The van der Waals surface area contributed by atoms with Crippen molar-refractivity contribution in [3.8, 4) is 0 Å². The third-order valence-corrected chi connectivity index (χ3v) is 1.10. The highest BCUT2D eigenvalue weighted by molar-refractivity contribution is 4.84. The van der Waals surface area contributed by atoms with Crippen LogP contribution in [0.4, 0.5) is 0 Å². The van der Waals surface area contributed by atoms with E-state index in [1.807, 2.05) is 13.8 Å². The molecule has 1 N–H and O–H groups in total. The monoisotopic (exact) mass is 160 g/mol. The average molecular weight is 160 g/mol. The molecule has 0 amide bonds. The van der Waals surface area contributed by atoms with Gasteiger partial charge in [-0.3, -0.25) is 0 Å². The molecular weight excluding hydrogens is 140 g/mol. The van der Waals surface area contributed by atoms with Crippen LogP contribution in [0, 0.1) is 0 Å². The van der Waals surface area contributed by atoms with E-state index in [9.17, 15) is 0 Å².